The van der Waals surface area contributed by atoms with Crippen LogP contribution in [0.4, 0.5) is 13.6 Å². The SMILES string of the molecule is Cc1cc(C(=O)CN2C(=O)NC3(CCC(F)(F)CC3)C2=O)ccc1-c1ccccc1CO. The van der Waals surface area contributed by atoms with Crippen molar-refractivity contribution in [2.24, 2.45) is 0 Å². The Balaban J connectivity index is 1.51. The lowest BCUT2D eigenvalue weighted by Gasteiger charge is -2.34. The molecule has 0 bridgehead atoms. The number of benzene rings is 2. The Morgan fingerprint density at radius 2 is 1.75 bits per heavy atom. The summed E-state index contributed by atoms with van der Waals surface area (Å²) in [7, 11) is 0. The van der Waals surface area contributed by atoms with Gasteiger partial charge in [-0.05, 0) is 48.1 Å². The van der Waals surface area contributed by atoms with Gasteiger partial charge in [-0.1, -0.05) is 36.4 Å². The summed E-state index contributed by atoms with van der Waals surface area (Å²) in [6.45, 7) is 1.27. The molecule has 1 saturated carbocycles. The number of nitrogens with one attached hydrogen (secondary N) is 1. The highest BCUT2D eigenvalue weighted by molar-refractivity contribution is 6.11. The molecule has 4 rings (SSSR count). The number of carbonyl (C=O) groups excluding carboxylic acids is 3. The molecule has 0 aromatic heterocycles. The lowest BCUT2D eigenvalue weighted by molar-refractivity contribution is -0.135. The highest BCUT2D eigenvalue weighted by Crippen LogP contribution is 2.41. The molecule has 2 fully saturated rings. The molecule has 32 heavy (non-hydrogen) atoms. The van der Waals surface area contributed by atoms with Crippen LogP contribution in [0.15, 0.2) is 42.5 Å². The number of halogens is 2. The number of urea groups is 1. The molecule has 2 aromatic carbocycles. The molecule has 1 aliphatic carbocycles. The van der Waals surface area contributed by atoms with E-state index in [4.69, 9.17) is 0 Å². The van der Waals surface area contributed by atoms with Crippen molar-refractivity contribution >= 4 is 17.7 Å². The summed E-state index contributed by atoms with van der Waals surface area (Å²) < 4.78 is 27.1. The Morgan fingerprint density at radius 1 is 1.06 bits per heavy atom. The van der Waals surface area contributed by atoms with E-state index in [1.165, 1.54) is 0 Å². The van der Waals surface area contributed by atoms with Crippen LogP contribution in [0.2, 0.25) is 0 Å². The number of carbonyl (C=O) groups is 3. The Labute approximate surface area is 184 Å². The van der Waals surface area contributed by atoms with Crippen LogP contribution in [0.1, 0.15) is 47.2 Å². The third-order valence-electron chi connectivity index (χ3n) is 6.41. The molecule has 168 valence electrons. The second kappa shape index (κ2) is 8.09. The standard InChI is InChI=1S/C24H24F2N2O4/c1-15-12-16(6-7-18(15)19-5-3-2-4-17(19)14-29)20(30)13-28-21(31)23(27-22(28)32)8-10-24(25,26)11-9-23/h2-7,12,29H,8-11,13-14H2,1H3,(H,27,32). The number of aliphatic hydroxyl groups excluding tert-OH is 1. The zero-order valence-electron chi connectivity index (χ0n) is 17.7. The van der Waals surface area contributed by atoms with Crippen molar-refractivity contribution in [2.75, 3.05) is 6.54 Å². The lowest BCUT2D eigenvalue weighted by Crippen LogP contribution is -2.51. The first-order valence-electron chi connectivity index (χ1n) is 10.5. The molecule has 2 aliphatic rings. The van der Waals surface area contributed by atoms with Gasteiger partial charge in [0.2, 0.25) is 5.92 Å². The van der Waals surface area contributed by atoms with Crippen molar-refractivity contribution in [3.05, 3.63) is 59.2 Å². The third kappa shape index (κ3) is 3.90. The van der Waals surface area contributed by atoms with Crippen LogP contribution in [-0.4, -0.2) is 45.7 Å². The number of Topliss-reactive ketones (excluding diaryl/α,β-unsaturated/α-hetero) is 1. The van der Waals surface area contributed by atoms with E-state index in [1.54, 1.807) is 18.2 Å². The maximum Gasteiger partial charge on any atom is 0.325 e. The average Bonchev–Trinajstić information content (AvgIpc) is 3.00. The number of alkyl halides is 2. The van der Waals surface area contributed by atoms with Gasteiger partial charge < -0.3 is 10.4 Å². The van der Waals surface area contributed by atoms with Crippen LogP contribution in [0.3, 0.4) is 0 Å². The minimum atomic E-state index is -2.84. The van der Waals surface area contributed by atoms with Crippen molar-refractivity contribution in [1.82, 2.24) is 10.2 Å². The number of ketones is 1. The van der Waals surface area contributed by atoms with Crippen molar-refractivity contribution in [2.45, 2.75) is 50.7 Å². The normalized spacial score (nSPS) is 19.3. The van der Waals surface area contributed by atoms with E-state index >= 15 is 0 Å². The van der Waals surface area contributed by atoms with Gasteiger partial charge >= 0.3 is 6.03 Å². The largest absolute Gasteiger partial charge is 0.392 e. The zero-order chi connectivity index (χ0) is 23.1. The van der Waals surface area contributed by atoms with Crippen LogP contribution < -0.4 is 5.32 Å². The average molecular weight is 442 g/mol. The van der Waals surface area contributed by atoms with Gasteiger partial charge in [0.15, 0.2) is 5.78 Å². The number of hydrogen-bond acceptors (Lipinski definition) is 4. The van der Waals surface area contributed by atoms with Crippen LogP contribution >= 0.6 is 0 Å². The van der Waals surface area contributed by atoms with Crippen molar-refractivity contribution in [3.63, 3.8) is 0 Å². The summed E-state index contributed by atoms with van der Waals surface area (Å²) >= 11 is 0. The van der Waals surface area contributed by atoms with E-state index in [2.05, 4.69) is 5.32 Å². The monoisotopic (exact) mass is 442 g/mol. The highest BCUT2D eigenvalue weighted by Gasteiger charge is 2.55. The van der Waals surface area contributed by atoms with Crippen molar-refractivity contribution in [1.29, 1.82) is 0 Å². The van der Waals surface area contributed by atoms with Gasteiger partial charge in [0.1, 0.15) is 5.54 Å². The minimum Gasteiger partial charge on any atom is -0.392 e. The second-order valence-electron chi connectivity index (χ2n) is 8.53. The predicted octanol–water partition coefficient (Wildman–Crippen LogP) is 3.84. The van der Waals surface area contributed by atoms with E-state index in [0.717, 1.165) is 27.2 Å². The van der Waals surface area contributed by atoms with E-state index in [0.29, 0.717) is 5.56 Å². The number of aryl methyl sites for hydroxylation is 1. The number of rotatable bonds is 5. The van der Waals surface area contributed by atoms with Gasteiger partial charge in [-0.3, -0.25) is 14.5 Å². The number of hydrogen-bond donors (Lipinski definition) is 2. The van der Waals surface area contributed by atoms with Crippen molar-refractivity contribution < 1.29 is 28.3 Å². The summed E-state index contributed by atoms with van der Waals surface area (Å²) in [5, 5.41) is 12.1. The number of nitrogens with zero attached hydrogens (tertiary/aromatic N) is 1. The van der Waals surface area contributed by atoms with Crippen molar-refractivity contribution in [3.8, 4) is 11.1 Å². The fraction of sp³-hybridized carbons (Fsp3) is 0.375. The fourth-order valence-corrected chi connectivity index (χ4v) is 4.50. The summed E-state index contributed by atoms with van der Waals surface area (Å²) in [5.74, 6) is -3.87. The number of aliphatic hydroxyl groups is 1. The van der Waals surface area contributed by atoms with Gasteiger partial charge in [0.05, 0.1) is 13.2 Å². The molecular weight excluding hydrogens is 418 g/mol. The molecule has 1 heterocycles. The molecule has 8 heteroatoms. The minimum absolute atomic E-state index is 0.115. The van der Waals surface area contributed by atoms with E-state index in [-0.39, 0.29) is 19.4 Å². The van der Waals surface area contributed by atoms with Crippen LogP contribution in [0, 0.1) is 6.92 Å². The topological polar surface area (TPSA) is 86.7 Å². The van der Waals surface area contributed by atoms with E-state index in [9.17, 15) is 28.3 Å². The summed E-state index contributed by atoms with van der Waals surface area (Å²) in [6.07, 6.45) is -1.24. The zero-order valence-corrected chi connectivity index (χ0v) is 17.7. The molecule has 3 amide bonds. The molecule has 0 radical (unpaired) electrons. The van der Waals surface area contributed by atoms with Crippen LogP contribution in [0.25, 0.3) is 11.1 Å². The molecule has 0 atom stereocenters. The first-order valence-corrected chi connectivity index (χ1v) is 10.5. The molecular formula is C24H24F2N2O4. The molecule has 1 spiro atoms. The smallest absolute Gasteiger partial charge is 0.325 e. The van der Waals surface area contributed by atoms with Crippen LogP contribution in [0.5, 0.6) is 0 Å². The Kier molecular flexibility index (Phi) is 5.58. The number of imide groups is 1. The Hall–Kier alpha value is -3.13. The molecule has 2 aromatic rings. The quantitative estimate of drug-likeness (QED) is 0.544. The van der Waals surface area contributed by atoms with Gasteiger partial charge in [-0.15, -0.1) is 0 Å². The summed E-state index contributed by atoms with van der Waals surface area (Å²) in [6, 6.07) is 11.8. The van der Waals surface area contributed by atoms with E-state index in [1.807, 2.05) is 31.2 Å². The predicted molar refractivity (Wildman–Crippen MR) is 113 cm³/mol. The molecule has 6 nitrogen and oxygen atoms in total. The molecule has 1 saturated heterocycles. The first-order chi connectivity index (χ1) is 15.2. The lowest BCUT2D eigenvalue weighted by atomic mass is 9.80. The van der Waals surface area contributed by atoms with Crippen LogP contribution in [-0.2, 0) is 11.4 Å². The molecule has 0 unspecified atom stereocenters. The Morgan fingerprint density at radius 3 is 2.41 bits per heavy atom. The van der Waals surface area contributed by atoms with E-state index < -0.39 is 48.6 Å². The molecule has 1 aliphatic heterocycles. The maximum atomic E-state index is 13.5. The summed E-state index contributed by atoms with van der Waals surface area (Å²) in [5.41, 5.74) is 2.29. The third-order valence-corrected chi connectivity index (χ3v) is 6.41. The Bertz CT molecular complexity index is 1090. The highest BCUT2D eigenvalue weighted by atomic mass is 19.3. The van der Waals surface area contributed by atoms with Gasteiger partial charge in [-0.2, -0.15) is 0 Å². The van der Waals surface area contributed by atoms with Gasteiger partial charge in [0, 0.05) is 18.4 Å². The second-order valence-corrected chi connectivity index (χ2v) is 8.53. The maximum absolute atomic E-state index is 13.5. The molecule has 2 N–H and O–H groups in total. The first kappa shape index (κ1) is 22.1. The number of amides is 3. The summed E-state index contributed by atoms with van der Waals surface area (Å²) in [4.78, 5) is 38.9. The van der Waals surface area contributed by atoms with Gasteiger partial charge in [0.25, 0.3) is 5.91 Å². The van der Waals surface area contributed by atoms with Gasteiger partial charge in [-0.25, -0.2) is 13.6 Å². The fourth-order valence-electron chi connectivity index (χ4n) is 4.50.